The third-order valence-electron chi connectivity index (χ3n) is 2.44. The Morgan fingerprint density at radius 1 is 1.05 bits per heavy atom. The van der Waals surface area contributed by atoms with Crippen molar-refractivity contribution in [1.82, 2.24) is 9.96 Å². The minimum atomic E-state index is -0.814. The summed E-state index contributed by atoms with van der Waals surface area (Å²) < 4.78 is 10.2. The largest absolute Gasteiger partial charge is 0.444 e. The molecule has 1 rings (SSSR count). The van der Waals surface area contributed by atoms with Crippen LogP contribution in [0.3, 0.4) is 0 Å². The lowest BCUT2D eigenvalue weighted by Crippen LogP contribution is -2.62. The van der Waals surface area contributed by atoms with Gasteiger partial charge in [-0.1, -0.05) is 0 Å². The van der Waals surface area contributed by atoms with E-state index in [-0.39, 0.29) is 13.1 Å². The lowest BCUT2D eigenvalue weighted by atomic mass is 10.1. The number of nitrogens with zero attached hydrogens (tertiary/aromatic N) is 2. The van der Waals surface area contributed by atoms with Crippen LogP contribution in [-0.4, -0.2) is 57.7 Å². The number of hydroxylamine groups is 2. The second-order valence-corrected chi connectivity index (χ2v) is 6.86. The van der Waals surface area contributed by atoms with Crippen LogP contribution in [0, 0.1) is 0 Å². The maximum absolute atomic E-state index is 11.7. The first-order valence-electron chi connectivity index (χ1n) is 6.58. The van der Waals surface area contributed by atoms with Crippen molar-refractivity contribution in [3.8, 4) is 0 Å². The second-order valence-electron chi connectivity index (χ2n) is 6.86. The van der Waals surface area contributed by atoms with E-state index in [1.54, 1.807) is 41.5 Å². The van der Waals surface area contributed by atoms with Gasteiger partial charge in [-0.3, -0.25) is 5.21 Å². The maximum Gasteiger partial charge on any atom is 0.434 e. The minimum absolute atomic E-state index is 0.227. The number of hydrogen-bond donors (Lipinski definition) is 1. The molecular formula is C13H24N2O5. The first-order valence-corrected chi connectivity index (χ1v) is 6.58. The van der Waals surface area contributed by atoms with Crippen LogP contribution in [-0.2, 0) is 9.47 Å². The number of amides is 2. The van der Waals surface area contributed by atoms with E-state index in [4.69, 9.17) is 9.47 Å². The fourth-order valence-corrected chi connectivity index (χ4v) is 1.54. The SMILES string of the molecule is CC(C)(C)OC(=O)N1CC(N(O)C(=O)OC(C)(C)C)C1. The summed E-state index contributed by atoms with van der Waals surface area (Å²) in [6.45, 7) is 10.9. The Labute approximate surface area is 119 Å². The second kappa shape index (κ2) is 5.47. The van der Waals surface area contributed by atoms with E-state index in [0.29, 0.717) is 5.06 Å². The molecule has 0 aliphatic carbocycles. The number of carbonyl (C=O) groups excluding carboxylic acids is 2. The summed E-state index contributed by atoms with van der Waals surface area (Å²) in [6.07, 6.45) is -1.27. The fraction of sp³-hybridized carbons (Fsp3) is 0.846. The number of rotatable bonds is 1. The van der Waals surface area contributed by atoms with Crippen LogP contribution in [0.15, 0.2) is 0 Å². The molecule has 7 heteroatoms. The lowest BCUT2D eigenvalue weighted by molar-refractivity contribution is -0.149. The minimum Gasteiger partial charge on any atom is -0.444 e. The molecule has 7 nitrogen and oxygen atoms in total. The Morgan fingerprint density at radius 3 is 1.90 bits per heavy atom. The fourth-order valence-electron chi connectivity index (χ4n) is 1.54. The smallest absolute Gasteiger partial charge is 0.434 e. The Balaban J connectivity index is 2.41. The van der Waals surface area contributed by atoms with Crippen LogP contribution >= 0.6 is 0 Å². The molecule has 1 heterocycles. The van der Waals surface area contributed by atoms with Gasteiger partial charge in [0.1, 0.15) is 11.2 Å². The molecule has 0 saturated carbocycles. The van der Waals surface area contributed by atoms with Gasteiger partial charge in [0, 0.05) is 13.1 Å². The summed E-state index contributed by atoms with van der Waals surface area (Å²) in [5.74, 6) is 0. The molecule has 2 amide bonds. The first-order chi connectivity index (χ1) is 8.89. The lowest BCUT2D eigenvalue weighted by Gasteiger charge is -2.42. The molecule has 0 unspecified atom stereocenters. The molecular weight excluding hydrogens is 264 g/mol. The summed E-state index contributed by atoms with van der Waals surface area (Å²) >= 11 is 0. The Hall–Kier alpha value is -1.50. The maximum atomic E-state index is 11.7. The van der Waals surface area contributed by atoms with Crippen molar-refractivity contribution in [2.24, 2.45) is 0 Å². The van der Waals surface area contributed by atoms with Crippen molar-refractivity contribution in [3.05, 3.63) is 0 Å². The number of carbonyl (C=O) groups is 2. The highest BCUT2D eigenvalue weighted by Crippen LogP contribution is 2.19. The Morgan fingerprint density at radius 2 is 1.50 bits per heavy atom. The van der Waals surface area contributed by atoms with E-state index in [9.17, 15) is 14.8 Å². The van der Waals surface area contributed by atoms with Crippen molar-refractivity contribution in [2.75, 3.05) is 13.1 Å². The van der Waals surface area contributed by atoms with Crippen LogP contribution in [0.25, 0.3) is 0 Å². The topological polar surface area (TPSA) is 79.3 Å². The number of ether oxygens (including phenoxy) is 2. The van der Waals surface area contributed by atoms with Gasteiger partial charge in [-0.15, -0.1) is 0 Å². The average molecular weight is 288 g/mol. The van der Waals surface area contributed by atoms with Crippen molar-refractivity contribution >= 4 is 12.2 Å². The van der Waals surface area contributed by atoms with Crippen LogP contribution in [0.1, 0.15) is 41.5 Å². The standard InChI is InChI=1S/C13H24N2O5/c1-12(2,3)19-10(16)14-7-9(8-14)15(18)11(17)20-13(4,5)6/h9,18H,7-8H2,1-6H3. The third kappa shape index (κ3) is 4.88. The van der Waals surface area contributed by atoms with E-state index in [1.165, 1.54) is 4.90 Å². The molecule has 116 valence electrons. The zero-order valence-electron chi connectivity index (χ0n) is 13.0. The van der Waals surface area contributed by atoms with Crippen molar-refractivity contribution in [2.45, 2.75) is 58.8 Å². The molecule has 0 radical (unpaired) electrons. The predicted molar refractivity (Wildman–Crippen MR) is 71.5 cm³/mol. The monoisotopic (exact) mass is 288 g/mol. The molecule has 0 aromatic heterocycles. The van der Waals surface area contributed by atoms with Gasteiger partial charge in [-0.25, -0.2) is 9.59 Å². The van der Waals surface area contributed by atoms with Crippen molar-refractivity contribution in [1.29, 1.82) is 0 Å². The normalized spacial score (nSPS) is 16.4. The third-order valence-corrected chi connectivity index (χ3v) is 2.44. The van der Waals surface area contributed by atoms with E-state index in [1.807, 2.05) is 0 Å². The summed E-state index contributed by atoms with van der Waals surface area (Å²) in [5.41, 5.74) is -1.24. The molecule has 0 atom stereocenters. The molecule has 1 fully saturated rings. The Kier molecular flexibility index (Phi) is 4.53. The van der Waals surface area contributed by atoms with Crippen LogP contribution in [0.4, 0.5) is 9.59 Å². The average Bonchev–Trinajstić information content (AvgIpc) is 2.08. The molecule has 20 heavy (non-hydrogen) atoms. The van der Waals surface area contributed by atoms with E-state index < -0.39 is 29.4 Å². The molecule has 1 saturated heterocycles. The van der Waals surface area contributed by atoms with Gasteiger partial charge in [0.05, 0.1) is 6.04 Å². The van der Waals surface area contributed by atoms with Gasteiger partial charge in [-0.05, 0) is 41.5 Å². The molecule has 0 spiro atoms. The van der Waals surface area contributed by atoms with Crippen LogP contribution < -0.4 is 0 Å². The summed E-state index contributed by atoms with van der Waals surface area (Å²) in [4.78, 5) is 24.7. The molecule has 0 bridgehead atoms. The highest BCUT2D eigenvalue weighted by molar-refractivity contribution is 5.71. The number of likely N-dealkylation sites (tertiary alicyclic amines) is 1. The van der Waals surface area contributed by atoms with Gasteiger partial charge in [0.25, 0.3) is 0 Å². The van der Waals surface area contributed by atoms with Gasteiger partial charge in [0.15, 0.2) is 0 Å². The van der Waals surface area contributed by atoms with Gasteiger partial charge in [-0.2, -0.15) is 5.06 Å². The van der Waals surface area contributed by atoms with Crippen LogP contribution in [0.2, 0.25) is 0 Å². The first kappa shape index (κ1) is 16.6. The van der Waals surface area contributed by atoms with E-state index in [2.05, 4.69) is 0 Å². The van der Waals surface area contributed by atoms with Gasteiger partial charge >= 0.3 is 12.2 Å². The zero-order valence-corrected chi connectivity index (χ0v) is 13.0. The summed E-state index contributed by atoms with van der Waals surface area (Å²) in [6, 6.07) is -0.461. The molecule has 0 aromatic carbocycles. The molecule has 0 aromatic rings. The molecule has 1 aliphatic heterocycles. The quantitative estimate of drug-likeness (QED) is 0.591. The zero-order chi connectivity index (χ0) is 15.7. The van der Waals surface area contributed by atoms with Crippen molar-refractivity contribution < 1.29 is 24.3 Å². The summed E-state index contributed by atoms with van der Waals surface area (Å²) in [7, 11) is 0. The predicted octanol–water partition coefficient (Wildman–Crippen LogP) is 2.23. The molecule has 1 N–H and O–H groups in total. The van der Waals surface area contributed by atoms with E-state index in [0.717, 1.165) is 0 Å². The molecule has 1 aliphatic rings. The summed E-state index contributed by atoms with van der Waals surface area (Å²) in [5, 5.41) is 10.2. The van der Waals surface area contributed by atoms with Crippen molar-refractivity contribution in [3.63, 3.8) is 0 Å². The highest BCUT2D eigenvalue weighted by Gasteiger charge is 2.40. The highest BCUT2D eigenvalue weighted by atomic mass is 16.6. The van der Waals surface area contributed by atoms with E-state index >= 15 is 0 Å². The van der Waals surface area contributed by atoms with Gasteiger partial charge < -0.3 is 14.4 Å². The van der Waals surface area contributed by atoms with Gasteiger partial charge in [0.2, 0.25) is 0 Å². The number of hydrogen-bond acceptors (Lipinski definition) is 5. The van der Waals surface area contributed by atoms with Crippen LogP contribution in [0.5, 0.6) is 0 Å². The Bertz CT molecular complexity index is 377.